The van der Waals surface area contributed by atoms with E-state index in [0.717, 1.165) is 21.7 Å². The average Bonchev–Trinajstić information content (AvgIpc) is 2.85. The molecule has 0 aliphatic carbocycles. The summed E-state index contributed by atoms with van der Waals surface area (Å²) >= 11 is 3.35. The monoisotopic (exact) mass is 331 g/mol. The Labute approximate surface area is 124 Å². The molecule has 2 nitrogen and oxygen atoms in total. The molecule has 0 atom stereocenters. The van der Waals surface area contributed by atoms with Crippen molar-refractivity contribution in [1.29, 1.82) is 0 Å². The van der Waals surface area contributed by atoms with Crippen molar-refractivity contribution in [3.05, 3.63) is 70.1 Å². The lowest BCUT2D eigenvalue weighted by atomic mass is 10.1. The van der Waals surface area contributed by atoms with Crippen LogP contribution in [0.25, 0.3) is 10.9 Å². The number of aldehydes is 1. The van der Waals surface area contributed by atoms with Crippen LogP contribution >= 0.6 is 15.9 Å². The van der Waals surface area contributed by atoms with E-state index in [1.165, 1.54) is 6.07 Å². The molecule has 0 saturated heterocycles. The molecule has 1 heterocycles. The van der Waals surface area contributed by atoms with Crippen molar-refractivity contribution in [3.63, 3.8) is 0 Å². The van der Waals surface area contributed by atoms with Crippen molar-refractivity contribution in [2.45, 2.75) is 6.54 Å². The van der Waals surface area contributed by atoms with E-state index in [1.54, 1.807) is 18.2 Å². The first-order valence-electron chi connectivity index (χ1n) is 6.15. The van der Waals surface area contributed by atoms with Gasteiger partial charge in [0.15, 0.2) is 0 Å². The van der Waals surface area contributed by atoms with E-state index >= 15 is 0 Å². The van der Waals surface area contributed by atoms with Crippen LogP contribution in [0.3, 0.4) is 0 Å². The maximum absolute atomic E-state index is 13.8. The molecule has 1 aromatic heterocycles. The van der Waals surface area contributed by atoms with Crippen LogP contribution < -0.4 is 0 Å². The molecule has 0 aliphatic heterocycles. The maximum atomic E-state index is 13.8. The highest BCUT2D eigenvalue weighted by molar-refractivity contribution is 9.10. The van der Waals surface area contributed by atoms with Crippen molar-refractivity contribution in [1.82, 2.24) is 4.57 Å². The molecule has 0 fully saturated rings. The van der Waals surface area contributed by atoms with Crippen molar-refractivity contribution in [3.8, 4) is 0 Å². The fourth-order valence-electron chi connectivity index (χ4n) is 2.28. The number of carbonyl (C=O) groups excluding carboxylic acids is 1. The lowest BCUT2D eigenvalue weighted by Crippen LogP contribution is -2.00. The number of rotatable bonds is 3. The molecule has 0 radical (unpaired) electrons. The zero-order chi connectivity index (χ0) is 14.1. The Morgan fingerprint density at radius 2 is 2.00 bits per heavy atom. The van der Waals surface area contributed by atoms with Gasteiger partial charge in [0.25, 0.3) is 0 Å². The summed E-state index contributed by atoms with van der Waals surface area (Å²) in [5.41, 5.74) is 2.25. The molecule has 20 heavy (non-hydrogen) atoms. The number of hydrogen-bond donors (Lipinski definition) is 0. The highest BCUT2D eigenvalue weighted by Crippen LogP contribution is 2.21. The first kappa shape index (κ1) is 13.1. The topological polar surface area (TPSA) is 22.0 Å². The molecule has 0 amide bonds. The number of halogens is 2. The number of nitrogens with zero attached hydrogens (tertiary/aromatic N) is 1. The first-order chi connectivity index (χ1) is 9.67. The van der Waals surface area contributed by atoms with Gasteiger partial charge in [0.1, 0.15) is 12.1 Å². The zero-order valence-corrected chi connectivity index (χ0v) is 12.1. The summed E-state index contributed by atoms with van der Waals surface area (Å²) in [5.74, 6) is -0.223. The first-order valence-corrected chi connectivity index (χ1v) is 6.95. The van der Waals surface area contributed by atoms with E-state index in [4.69, 9.17) is 0 Å². The molecule has 0 aliphatic rings. The maximum Gasteiger partial charge on any atom is 0.150 e. The van der Waals surface area contributed by atoms with Crippen LogP contribution in [0.4, 0.5) is 4.39 Å². The Morgan fingerprint density at radius 3 is 2.80 bits per heavy atom. The molecule has 3 rings (SSSR count). The largest absolute Gasteiger partial charge is 0.343 e. The van der Waals surface area contributed by atoms with Crippen LogP contribution in [-0.4, -0.2) is 10.9 Å². The third kappa shape index (κ3) is 2.39. The van der Waals surface area contributed by atoms with Gasteiger partial charge in [-0.3, -0.25) is 4.79 Å². The predicted octanol–water partition coefficient (Wildman–Crippen LogP) is 4.40. The quantitative estimate of drug-likeness (QED) is 0.652. The summed E-state index contributed by atoms with van der Waals surface area (Å²) in [4.78, 5) is 10.8. The number of aromatic nitrogens is 1. The third-order valence-corrected chi connectivity index (χ3v) is 3.77. The highest BCUT2D eigenvalue weighted by atomic mass is 79.9. The van der Waals surface area contributed by atoms with Gasteiger partial charge in [0.05, 0.1) is 6.54 Å². The Balaban J connectivity index is 2.02. The molecule has 0 unspecified atom stereocenters. The smallest absolute Gasteiger partial charge is 0.150 e. The zero-order valence-electron chi connectivity index (χ0n) is 10.5. The fourth-order valence-corrected chi connectivity index (χ4v) is 2.69. The fraction of sp³-hybridized carbons (Fsp3) is 0.0625. The van der Waals surface area contributed by atoms with Gasteiger partial charge in [-0.15, -0.1) is 0 Å². The molecule has 0 N–H and O–H groups in total. The molecule has 2 aromatic carbocycles. The van der Waals surface area contributed by atoms with Crippen LogP contribution in [0.1, 0.15) is 15.9 Å². The van der Waals surface area contributed by atoms with E-state index in [1.807, 2.05) is 29.0 Å². The number of carbonyl (C=O) groups is 1. The molecular weight excluding hydrogens is 321 g/mol. The Hall–Kier alpha value is -1.94. The van der Waals surface area contributed by atoms with E-state index in [0.29, 0.717) is 17.7 Å². The van der Waals surface area contributed by atoms with Gasteiger partial charge < -0.3 is 4.57 Å². The summed E-state index contributed by atoms with van der Waals surface area (Å²) in [6.07, 6.45) is 2.73. The van der Waals surface area contributed by atoms with Crippen molar-refractivity contribution in [2.24, 2.45) is 0 Å². The summed E-state index contributed by atoms with van der Waals surface area (Å²) in [5, 5.41) is 0.977. The minimum atomic E-state index is -0.223. The molecule has 4 heteroatoms. The van der Waals surface area contributed by atoms with Crippen LogP contribution in [0.2, 0.25) is 0 Å². The van der Waals surface area contributed by atoms with Gasteiger partial charge in [-0.1, -0.05) is 15.9 Å². The molecule has 0 saturated carbocycles. The van der Waals surface area contributed by atoms with E-state index in [9.17, 15) is 9.18 Å². The average molecular weight is 332 g/mol. The Kier molecular flexibility index (Phi) is 3.40. The molecule has 0 spiro atoms. The van der Waals surface area contributed by atoms with Gasteiger partial charge >= 0.3 is 0 Å². The predicted molar refractivity (Wildman–Crippen MR) is 80.5 cm³/mol. The molecule has 3 aromatic rings. The number of benzene rings is 2. The number of fused-ring (bicyclic) bond motifs is 1. The molecule has 0 bridgehead atoms. The SMILES string of the molecule is O=Cc1ccc2c(ccn2Cc2cc(Br)ccc2F)c1. The lowest BCUT2D eigenvalue weighted by molar-refractivity contribution is 0.112. The second-order valence-corrected chi connectivity index (χ2v) is 5.53. The second-order valence-electron chi connectivity index (χ2n) is 4.62. The van der Waals surface area contributed by atoms with Gasteiger partial charge in [-0.25, -0.2) is 4.39 Å². The van der Waals surface area contributed by atoms with Crippen LogP contribution in [0.15, 0.2) is 53.1 Å². The van der Waals surface area contributed by atoms with E-state index in [2.05, 4.69) is 15.9 Å². The van der Waals surface area contributed by atoms with Gasteiger partial charge in [-0.05, 0) is 42.5 Å². The van der Waals surface area contributed by atoms with Crippen LogP contribution in [0, 0.1) is 5.82 Å². The summed E-state index contributed by atoms with van der Waals surface area (Å²) in [6, 6.07) is 12.3. The van der Waals surface area contributed by atoms with Gasteiger partial charge in [-0.2, -0.15) is 0 Å². The summed E-state index contributed by atoms with van der Waals surface area (Å²) < 4.78 is 16.6. The highest BCUT2D eigenvalue weighted by Gasteiger charge is 2.07. The van der Waals surface area contributed by atoms with Crippen molar-refractivity contribution < 1.29 is 9.18 Å². The molecular formula is C16H11BrFNO. The minimum Gasteiger partial charge on any atom is -0.343 e. The number of hydrogen-bond acceptors (Lipinski definition) is 1. The van der Waals surface area contributed by atoms with Crippen molar-refractivity contribution >= 4 is 33.1 Å². The Bertz CT molecular complexity index is 794. The van der Waals surface area contributed by atoms with Crippen LogP contribution in [-0.2, 0) is 6.54 Å². The summed E-state index contributed by atoms with van der Waals surface area (Å²) in [7, 11) is 0. The minimum absolute atomic E-state index is 0.223. The second kappa shape index (κ2) is 5.21. The molecule has 100 valence electrons. The van der Waals surface area contributed by atoms with Crippen molar-refractivity contribution in [2.75, 3.05) is 0 Å². The summed E-state index contributed by atoms with van der Waals surface area (Å²) in [6.45, 7) is 0.454. The Morgan fingerprint density at radius 1 is 1.15 bits per heavy atom. The lowest BCUT2D eigenvalue weighted by Gasteiger charge is -2.07. The van der Waals surface area contributed by atoms with Gasteiger partial charge in [0, 0.05) is 32.7 Å². The normalized spacial score (nSPS) is 10.9. The third-order valence-electron chi connectivity index (χ3n) is 3.28. The van der Waals surface area contributed by atoms with Gasteiger partial charge in [0.2, 0.25) is 0 Å². The van der Waals surface area contributed by atoms with Crippen LogP contribution in [0.5, 0.6) is 0 Å². The van der Waals surface area contributed by atoms with E-state index < -0.39 is 0 Å². The van der Waals surface area contributed by atoms with E-state index in [-0.39, 0.29) is 5.82 Å². The standard InChI is InChI=1S/C16H11BrFNO/c17-14-2-3-15(18)13(8-14)9-19-6-5-12-7-11(10-20)1-4-16(12)19/h1-8,10H,9H2.